The predicted molar refractivity (Wildman–Crippen MR) is 117 cm³/mol. The first-order valence-corrected chi connectivity index (χ1v) is 12.2. The molecule has 4 heterocycles. The molecule has 2 saturated heterocycles. The van der Waals surface area contributed by atoms with Crippen LogP contribution >= 0.6 is 11.3 Å². The van der Waals surface area contributed by atoms with Gasteiger partial charge in [0, 0.05) is 37.8 Å². The van der Waals surface area contributed by atoms with E-state index in [4.69, 9.17) is 9.72 Å². The highest BCUT2D eigenvalue weighted by molar-refractivity contribution is 7.15. The van der Waals surface area contributed by atoms with Crippen molar-refractivity contribution in [3.8, 4) is 0 Å². The molecule has 0 radical (unpaired) electrons. The summed E-state index contributed by atoms with van der Waals surface area (Å²) in [6, 6.07) is 0. The van der Waals surface area contributed by atoms with Gasteiger partial charge in [-0.3, -0.25) is 18.9 Å². The number of hydrogen-bond donors (Lipinski definition) is 0. The van der Waals surface area contributed by atoms with Crippen LogP contribution in [0.4, 0.5) is 0 Å². The molecule has 0 spiro atoms. The Morgan fingerprint density at radius 1 is 1.13 bits per heavy atom. The van der Waals surface area contributed by atoms with E-state index in [1.165, 1.54) is 19.3 Å². The first kappa shape index (κ1) is 21.3. The van der Waals surface area contributed by atoms with Crippen molar-refractivity contribution < 1.29 is 14.3 Å². The molecule has 2 fully saturated rings. The highest BCUT2D eigenvalue weighted by Crippen LogP contribution is 2.25. The number of imidazole rings is 1. The Kier molecular flexibility index (Phi) is 7.04. The molecule has 0 bridgehead atoms. The molecule has 164 valence electrons. The molecule has 1 unspecified atom stereocenters. The van der Waals surface area contributed by atoms with Crippen molar-refractivity contribution >= 4 is 28.2 Å². The third kappa shape index (κ3) is 4.70. The van der Waals surface area contributed by atoms with E-state index in [0.717, 1.165) is 56.0 Å². The minimum Gasteiger partial charge on any atom is -0.466 e. The second kappa shape index (κ2) is 9.92. The summed E-state index contributed by atoms with van der Waals surface area (Å²) < 4.78 is 7.30. The number of thiazole rings is 1. The SMILES string of the molecule is CCOC(=O)C1CCCN(Cc2c(C(=O)N3CCCCCCC3)nc3sccn23)C1. The standard InChI is InChI=1S/C22H32N4O3S/c1-2-29-21(28)17-9-8-10-24(15-17)16-18-19(23-22-26(18)13-14-30-22)20(27)25-11-6-4-3-5-7-12-25/h13-14,17H,2-12,15-16H2,1H3. The lowest BCUT2D eigenvalue weighted by molar-refractivity contribution is -0.150. The maximum atomic E-state index is 13.4. The first-order valence-electron chi connectivity index (χ1n) is 11.3. The summed E-state index contributed by atoms with van der Waals surface area (Å²) in [5.41, 5.74) is 1.53. The van der Waals surface area contributed by atoms with E-state index >= 15 is 0 Å². The van der Waals surface area contributed by atoms with Gasteiger partial charge in [0.2, 0.25) is 0 Å². The monoisotopic (exact) mass is 432 g/mol. The molecule has 1 amide bonds. The topological polar surface area (TPSA) is 67.2 Å². The van der Waals surface area contributed by atoms with Crippen molar-refractivity contribution in [2.24, 2.45) is 5.92 Å². The van der Waals surface area contributed by atoms with Gasteiger partial charge in [-0.2, -0.15) is 0 Å². The molecule has 4 rings (SSSR count). The van der Waals surface area contributed by atoms with Crippen LogP contribution in [0.5, 0.6) is 0 Å². The molecule has 30 heavy (non-hydrogen) atoms. The second-order valence-corrected chi connectivity index (χ2v) is 9.22. The van der Waals surface area contributed by atoms with Crippen LogP contribution in [0.3, 0.4) is 0 Å². The van der Waals surface area contributed by atoms with Gasteiger partial charge in [0.15, 0.2) is 10.7 Å². The van der Waals surface area contributed by atoms with E-state index < -0.39 is 0 Å². The number of fused-ring (bicyclic) bond motifs is 1. The number of rotatable bonds is 5. The number of ether oxygens (including phenoxy) is 1. The van der Waals surface area contributed by atoms with Gasteiger partial charge >= 0.3 is 5.97 Å². The number of esters is 1. The van der Waals surface area contributed by atoms with Crippen LogP contribution in [-0.2, 0) is 16.1 Å². The lowest BCUT2D eigenvalue weighted by Gasteiger charge is -2.31. The van der Waals surface area contributed by atoms with Gasteiger partial charge < -0.3 is 9.64 Å². The van der Waals surface area contributed by atoms with E-state index in [0.29, 0.717) is 25.4 Å². The van der Waals surface area contributed by atoms with Crippen molar-refractivity contribution in [3.05, 3.63) is 23.0 Å². The maximum Gasteiger partial charge on any atom is 0.310 e. The van der Waals surface area contributed by atoms with Crippen molar-refractivity contribution in [1.29, 1.82) is 0 Å². The lowest BCUT2D eigenvalue weighted by atomic mass is 9.98. The summed E-state index contributed by atoms with van der Waals surface area (Å²) in [4.78, 5) is 35.5. The third-order valence-electron chi connectivity index (χ3n) is 6.21. The molecule has 2 aromatic heterocycles. The Labute approximate surface area is 182 Å². The molecule has 2 aliphatic heterocycles. The average molecular weight is 433 g/mol. The van der Waals surface area contributed by atoms with Gasteiger partial charge in [0.05, 0.1) is 18.2 Å². The van der Waals surface area contributed by atoms with Crippen LogP contribution in [0.2, 0.25) is 0 Å². The Bertz CT molecular complexity index is 869. The summed E-state index contributed by atoms with van der Waals surface area (Å²) in [6.07, 6.45) is 9.62. The van der Waals surface area contributed by atoms with Gasteiger partial charge in [0.1, 0.15) is 0 Å². The number of carbonyl (C=O) groups excluding carboxylic acids is 2. The highest BCUT2D eigenvalue weighted by Gasteiger charge is 2.30. The molecule has 1 atom stereocenters. The van der Waals surface area contributed by atoms with E-state index in [9.17, 15) is 9.59 Å². The summed E-state index contributed by atoms with van der Waals surface area (Å²) >= 11 is 1.56. The van der Waals surface area contributed by atoms with E-state index in [-0.39, 0.29) is 17.8 Å². The van der Waals surface area contributed by atoms with Crippen LogP contribution in [-0.4, -0.2) is 63.8 Å². The molecule has 0 aromatic carbocycles. The fourth-order valence-electron chi connectivity index (χ4n) is 4.62. The number of nitrogens with zero attached hydrogens (tertiary/aromatic N) is 4. The first-order chi connectivity index (χ1) is 14.7. The Morgan fingerprint density at radius 3 is 2.67 bits per heavy atom. The van der Waals surface area contributed by atoms with Crippen molar-refractivity contribution in [2.45, 2.75) is 58.4 Å². The fraction of sp³-hybridized carbons (Fsp3) is 0.682. The van der Waals surface area contributed by atoms with Crippen LogP contribution in [0.15, 0.2) is 11.6 Å². The van der Waals surface area contributed by atoms with Crippen LogP contribution in [0.1, 0.15) is 68.1 Å². The van der Waals surface area contributed by atoms with Gasteiger partial charge in [0.25, 0.3) is 5.91 Å². The van der Waals surface area contributed by atoms with E-state index in [1.54, 1.807) is 11.3 Å². The number of likely N-dealkylation sites (tertiary alicyclic amines) is 2. The normalized spacial score (nSPS) is 21.4. The van der Waals surface area contributed by atoms with Gasteiger partial charge in [-0.1, -0.05) is 19.3 Å². The number of piperidine rings is 1. The molecule has 0 aliphatic carbocycles. The lowest BCUT2D eigenvalue weighted by Crippen LogP contribution is -2.40. The Morgan fingerprint density at radius 2 is 1.90 bits per heavy atom. The van der Waals surface area contributed by atoms with Gasteiger partial charge in [-0.25, -0.2) is 4.98 Å². The maximum absolute atomic E-state index is 13.4. The van der Waals surface area contributed by atoms with Crippen molar-refractivity contribution in [1.82, 2.24) is 19.2 Å². The Balaban J connectivity index is 1.54. The zero-order valence-corrected chi connectivity index (χ0v) is 18.7. The average Bonchev–Trinajstić information content (AvgIpc) is 3.30. The number of carbonyl (C=O) groups is 2. The minimum absolute atomic E-state index is 0.0572. The number of amides is 1. The largest absolute Gasteiger partial charge is 0.466 e. The number of aromatic nitrogens is 2. The van der Waals surface area contributed by atoms with E-state index in [1.807, 2.05) is 23.4 Å². The molecule has 0 N–H and O–H groups in total. The van der Waals surface area contributed by atoms with Crippen LogP contribution in [0, 0.1) is 5.92 Å². The predicted octanol–water partition coefficient (Wildman–Crippen LogP) is 3.58. The quantitative estimate of drug-likeness (QED) is 0.676. The van der Waals surface area contributed by atoms with Crippen LogP contribution in [0.25, 0.3) is 4.96 Å². The van der Waals surface area contributed by atoms with Crippen molar-refractivity contribution in [2.75, 3.05) is 32.8 Å². The van der Waals surface area contributed by atoms with E-state index in [2.05, 4.69) is 9.30 Å². The molecule has 2 aromatic rings. The summed E-state index contributed by atoms with van der Waals surface area (Å²) in [6.45, 7) is 6.12. The molecule has 7 nitrogen and oxygen atoms in total. The Hall–Kier alpha value is -1.93. The van der Waals surface area contributed by atoms with Crippen LogP contribution < -0.4 is 0 Å². The minimum atomic E-state index is -0.104. The summed E-state index contributed by atoms with van der Waals surface area (Å²) in [5.74, 6) is -0.132. The smallest absolute Gasteiger partial charge is 0.310 e. The zero-order chi connectivity index (χ0) is 20.9. The fourth-order valence-corrected chi connectivity index (χ4v) is 5.35. The number of hydrogen-bond acceptors (Lipinski definition) is 6. The van der Waals surface area contributed by atoms with Crippen molar-refractivity contribution in [3.63, 3.8) is 0 Å². The zero-order valence-electron chi connectivity index (χ0n) is 17.8. The summed E-state index contributed by atoms with van der Waals surface area (Å²) in [5, 5.41) is 2.01. The van der Waals surface area contributed by atoms with Gasteiger partial charge in [-0.15, -0.1) is 11.3 Å². The molecular weight excluding hydrogens is 400 g/mol. The second-order valence-electron chi connectivity index (χ2n) is 8.35. The molecule has 2 aliphatic rings. The highest BCUT2D eigenvalue weighted by atomic mass is 32.1. The molecule has 0 saturated carbocycles. The molecule has 8 heteroatoms. The third-order valence-corrected chi connectivity index (χ3v) is 6.96. The van der Waals surface area contributed by atoms with Gasteiger partial charge in [-0.05, 0) is 39.2 Å². The summed E-state index contributed by atoms with van der Waals surface area (Å²) in [7, 11) is 0. The molecular formula is C22H32N4O3S.